The van der Waals surface area contributed by atoms with Crippen molar-refractivity contribution >= 4 is 11.3 Å². The van der Waals surface area contributed by atoms with E-state index in [1.54, 1.807) is 18.4 Å². The molecule has 11 heavy (non-hydrogen) atoms. The van der Waals surface area contributed by atoms with E-state index in [1.165, 1.54) is 4.88 Å². The van der Waals surface area contributed by atoms with Crippen LogP contribution in [-0.4, -0.2) is 12.1 Å². The molecule has 0 unspecified atom stereocenters. The van der Waals surface area contributed by atoms with E-state index in [2.05, 4.69) is 18.8 Å². The minimum Gasteiger partial charge on any atom is -0.473 e. The first-order valence-electron chi connectivity index (χ1n) is 3.71. The maximum absolute atomic E-state index is 4.98. The topological polar surface area (TPSA) is 22.1 Å². The molecule has 1 rings (SSSR count). The largest absolute Gasteiger partial charge is 0.473 e. The molecular weight excluding hydrogens is 158 g/mol. The van der Waals surface area contributed by atoms with E-state index in [4.69, 9.17) is 4.74 Å². The van der Waals surface area contributed by atoms with Gasteiger partial charge in [-0.3, -0.25) is 0 Å². The van der Waals surface area contributed by atoms with E-state index in [1.807, 2.05) is 6.20 Å². The molecule has 0 saturated heterocycles. The predicted molar refractivity (Wildman–Crippen MR) is 47.2 cm³/mol. The van der Waals surface area contributed by atoms with Crippen LogP contribution in [0, 0.1) is 5.92 Å². The molecule has 3 heteroatoms. The highest BCUT2D eigenvalue weighted by atomic mass is 32.1. The Bertz CT molecular complexity index is 220. The normalized spacial score (nSPS) is 10.5. The summed E-state index contributed by atoms with van der Waals surface area (Å²) in [6, 6.07) is 0. The maximum atomic E-state index is 4.98. The SMILES string of the molecule is COc1ncc(CC(C)C)s1. The molecule has 0 bridgehead atoms. The summed E-state index contributed by atoms with van der Waals surface area (Å²) in [7, 11) is 1.65. The first kappa shape index (κ1) is 8.53. The lowest BCUT2D eigenvalue weighted by Crippen LogP contribution is -1.89. The van der Waals surface area contributed by atoms with Crippen LogP contribution in [0.15, 0.2) is 6.20 Å². The molecule has 0 fully saturated rings. The number of methoxy groups -OCH3 is 1. The molecule has 0 aliphatic rings. The van der Waals surface area contributed by atoms with Crippen LogP contribution in [0.4, 0.5) is 0 Å². The number of thiazole rings is 1. The van der Waals surface area contributed by atoms with Crippen molar-refractivity contribution < 1.29 is 4.74 Å². The van der Waals surface area contributed by atoms with Crippen molar-refractivity contribution in [1.29, 1.82) is 0 Å². The molecule has 0 radical (unpaired) electrons. The van der Waals surface area contributed by atoms with E-state index in [0.717, 1.165) is 11.6 Å². The van der Waals surface area contributed by atoms with Gasteiger partial charge < -0.3 is 4.74 Å². The van der Waals surface area contributed by atoms with Crippen molar-refractivity contribution in [2.45, 2.75) is 20.3 Å². The van der Waals surface area contributed by atoms with Crippen molar-refractivity contribution in [1.82, 2.24) is 4.98 Å². The molecule has 2 nitrogen and oxygen atoms in total. The van der Waals surface area contributed by atoms with Crippen LogP contribution in [0.2, 0.25) is 0 Å². The molecule has 0 N–H and O–H groups in total. The minimum atomic E-state index is 0.695. The van der Waals surface area contributed by atoms with E-state index in [-0.39, 0.29) is 0 Å². The lowest BCUT2D eigenvalue weighted by molar-refractivity contribution is 0.412. The zero-order valence-corrected chi connectivity index (χ0v) is 7.94. The fourth-order valence-electron chi connectivity index (χ4n) is 0.881. The van der Waals surface area contributed by atoms with Gasteiger partial charge in [-0.2, -0.15) is 0 Å². The Morgan fingerprint density at radius 1 is 1.64 bits per heavy atom. The van der Waals surface area contributed by atoms with Crippen molar-refractivity contribution in [2.24, 2.45) is 5.92 Å². The van der Waals surface area contributed by atoms with Crippen molar-refractivity contribution in [2.75, 3.05) is 7.11 Å². The highest BCUT2D eigenvalue weighted by Crippen LogP contribution is 2.22. The zero-order valence-electron chi connectivity index (χ0n) is 7.13. The highest BCUT2D eigenvalue weighted by Gasteiger charge is 2.02. The van der Waals surface area contributed by atoms with Crippen LogP contribution in [0.5, 0.6) is 5.19 Å². The Morgan fingerprint density at radius 3 is 2.82 bits per heavy atom. The maximum Gasteiger partial charge on any atom is 0.273 e. The highest BCUT2D eigenvalue weighted by molar-refractivity contribution is 7.13. The van der Waals surface area contributed by atoms with Gasteiger partial charge >= 0.3 is 0 Å². The summed E-state index contributed by atoms with van der Waals surface area (Å²) in [4.78, 5) is 5.39. The van der Waals surface area contributed by atoms with Crippen LogP contribution in [0.3, 0.4) is 0 Å². The van der Waals surface area contributed by atoms with Gasteiger partial charge in [0.2, 0.25) is 0 Å². The van der Waals surface area contributed by atoms with Crippen molar-refractivity contribution in [3.05, 3.63) is 11.1 Å². The van der Waals surface area contributed by atoms with Gasteiger partial charge in [0.1, 0.15) is 0 Å². The number of ether oxygens (including phenoxy) is 1. The lowest BCUT2D eigenvalue weighted by Gasteiger charge is -1.98. The Balaban J connectivity index is 2.58. The molecule has 1 aromatic rings. The fourth-order valence-corrected chi connectivity index (χ4v) is 1.82. The molecule has 0 aliphatic heterocycles. The summed E-state index contributed by atoms with van der Waals surface area (Å²) in [6.45, 7) is 4.40. The molecule has 0 amide bonds. The van der Waals surface area contributed by atoms with Gasteiger partial charge in [-0.15, -0.1) is 0 Å². The molecule has 1 aromatic heterocycles. The van der Waals surface area contributed by atoms with Gasteiger partial charge in [0.25, 0.3) is 5.19 Å². The second-order valence-corrected chi connectivity index (χ2v) is 3.97. The van der Waals surface area contributed by atoms with E-state index >= 15 is 0 Å². The summed E-state index contributed by atoms with van der Waals surface area (Å²) in [5.74, 6) is 0.695. The third kappa shape index (κ3) is 2.50. The Labute approximate surface area is 71.2 Å². The van der Waals surface area contributed by atoms with Crippen molar-refractivity contribution in [3.8, 4) is 5.19 Å². The van der Waals surface area contributed by atoms with Gasteiger partial charge in [-0.05, 0) is 12.3 Å². The van der Waals surface area contributed by atoms with E-state index in [9.17, 15) is 0 Å². The first-order valence-corrected chi connectivity index (χ1v) is 4.52. The van der Waals surface area contributed by atoms with Crippen LogP contribution in [0.1, 0.15) is 18.7 Å². The Kier molecular flexibility index (Phi) is 2.88. The predicted octanol–water partition coefficient (Wildman–Crippen LogP) is 2.35. The number of rotatable bonds is 3. The smallest absolute Gasteiger partial charge is 0.273 e. The number of hydrogen-bond donors (Lipinski definition) is 0. The molecule has 0 aliphatic carbocycles. The molecule has 1 heterocycles. The fraction of sp³-hybridized carbons (Fsp3) is 0.625. The second-order valence-electron chi connectivity index (χ2n) is 2.89. The standard InChI is InChI=1S/C8H13NOS/c1-6(2)4-7-5-9-8(10-3)11-7/h5-6H,4H2,1-3H3. The molecule has 0 spiro atoms. The van der Waals surface area contributed by atoms with Crippen LogP contribution in [-0.2, 0) is 6.42 Å². The average molecular weight is 171 g/mol. The van der Waals surface area contributed by atoms with Crippen LogP contribution in [0.25, 0.3) is 0 Å². The van der Waals surface area contributed by atoms with Crippen LogP contribution < -0.4 is 4.74 Å². The van der Waals surface area contributed by atoms with Gasteiger partial charge in [0.15, 0.2) is 0 Å². The van der Waals surface area contributed by atoms with E-state index in [0.29, 0.717) is 5.92 Å². The molecule has 0 aromatic carbocycles. The van der Waals surface area contributed by atoms with Crippen LogP contribution >= 0.6 is 11.3 Å². The quantitative estimate of drug-likeness (QED) is 0.696. The summed E-state index contributed by atoms with van der Waals surface area (Å²) in [5.41, 5.74) is 0. The zero-order chi connectivity index (χ0) is 8.27. The Hall–Kier alpha value is -0.570. The summed E-state index contributed by atoms with van der Waals surface area (Å²) >= 11 is 1.63. The lowest BCUT2D eigenvalue weighted by atomic mass is 10.1. The number of aromatic nitrogens is 1. The molecule has 62 valence electrons. The number of nitrogens with zero attached hydrogens (tertiary/aromatic N) is 1. The third-order valence-corrected chi connectivity index (χ3v) is 2.30. The summed E-state index contributed by atoms with van der Waals surface area (Å²) in [6.07, 6.45) is 2.99. The summed E-state index contributed by atoms with van der Waals surface area (Å²) in [5, 5.41) is 0.764. The molecular formula is C8H13NOS. The van der Waals surface area contributed by atoms with Gasteiger partial charge in [0.05, 0.1) is 7.11 Å². The van der Waals surface area contributed by atoms with E-state index < -0.39 is 0 Å². The monoisotopic (exact) mass is 171 g/mol. The summed E-state index contributed by atoms with van der Waals surface area (Å²) < 4.78 is 4.98. The van der Waals surface area contributed by atoms with Gasteiger partial charge in [0, 0.05) is 11.1 Å². The number of hydrogen-bond acceptors (Lipinski definition) is 3. The van der Waals surface area contributed by atoms with Gasteiger partial charge in [-0.1, -0.05) is 25.2 Å². The van der Waals surface area contributed by atoms with Gasteiger partial charge in [-0.25, -0.2) is 4.98 Å². The average Bonchev–Trinajstić information content (AvgIpc) is 2.34. The first-order chi connectivity index (χ1) is 5.22. The minimum absolute atomic E-state index is 0.695. The molecule has 0 atom stereocenters. The molecule has 0 saturated carbocycles. The second kappa shape index (κ2) is 3.72. The Morgan fingerprint density at radius 2 is 2.36 bits per heavy atom. The van der Waals surface area contributed by atoms with Crippen molar-refractivity contribution in [3.63, 3.8) is 0 Å². The third-order valence-electron chi connectivity index (χ3n) is 1.32.